The molecular formula is C17H18N2O2S. The zero-order valence-corrected chi connectivity index (χ0v) is 13.2. The molecule has 0 aliphatic rings. The van der Waals surface area contributed by atoms with Crippen LogP contribution < -0.4 is 4.72 Å². The average molecular weight is 314 g/mol. The van der Waals surface area contributed by atoms with E-state index in [0.717, 1.165) is 22.0 Å². The van der Waals surface area contributed by atoms with Crippen molar-refractivity contribution in [2.75, 3.05) is 6.54 Å². The maximum absolute atomic E-state index is 12.3. The van der Waals surface area contributed by atoms with Crippen LogP contribution in [0.5, 0.6) is 0 Å². The number of rotatable bonds is 5. The fourth-order valence-electron chi connectivity index (χ4n) is 2.59. The van der Waals surface area contributed by atoms with Crippen LogP contribution >= 0.6 is 0 Å². The van der Waals surface area contributed by atoms with E-state index in [1.807, 2.05) is 36.5 Å². The van der Waals surface area contributed by atoms with Gasteiger partial charge in [-0.3, -0.25) is 0 Å². The van der Waals surface area contributed by atoms with Crippen LogP contribution in [0.25, 0.3) is 10.9 Å². The Bertz CT molecular complexity index is 898. The molecule has 0 amide bonds. The van der Waals surface area contributed by atoms with Crippen LogP contribution in [0.4, 0.5) is 0 Å². The molecule has 4 nitrogen and oxygen atoms in total. The maximum Gasteiger partial charge on any atom is 0.240 e. The fourth-order valence-corrected chi connectivity index (χ4v) is 3.87. The summed E-state index contributed by atoms with van der Waals surface area (Å²) in [6.45, 7) is 2.17. The van der Waals surface area contributed by atoms with Crippen LogP contribution in [-0.4, -0.2) is 19.9 Å². The Morgan fingerprint density at radius 2 is 1.77 bits per heavy atom. The van der Waals surface area contributed by atoms with Gasteiger partial charge in [-0.15, -0.1) is 0 Å². The van der Waals surface area contributed by atoms with Crippen LogP contribution in [0.3, 0.4) is 0 Å². The summed E-state index contributed by atoms with van der Waals surface area (Å²) >= 11 is 0. The van der Waals surface area contributed by atoms with Gasteiger partial charge in [-0.05, 0) is 36.6 Å². The Morgan fingerprint density at radius 3 is 2.59 bits per heavy atom. The van der Waals surface area contributed by atoms with Crippen molar-refractivity contribution in [1.29, 1.82) is 0 Å². The van der Waals surface area contributed by atoms with Crippen molar-refractivity contribution in [3.8, 4) is 0 Å². The van der Waals surface area contributed by atoms with Gasteiger partial charge in [0.1, 0.15) is 0 Å². The van der Waals surface area contributed by atoms with Gasteiger partial charge in [0.15, 0.2) is 0 Å². The molecule has 0 aliphatic carbocycles. The number of aryl methyl sites for hydroxylation is 1. The highest BCUT2D eigenvalue weighted by molar-refractivity contribution is 7.89. The first-order chi connectivity index (χ1) is 10.6. The Hall–Kier alpha value is -2.11. The van der Waals surface area contributed by atoms with Crippen molar-refractivity contribution in [2.45, 2.75) is 18.2 Å². The largest absolute Gasteiger partial charge is 0.361 e. The van der Waals surface area contributed by atoms with Crippen LogP contribution in [0, 0.1) is 6.92 Å². The molecule has 1 heterocycles. The predicted molar refractivity (Wildman–Crippen MR) is 88.4 cm³/mol. The van der Waals surface area contributed by atoms with Gasteiger partial charge in [-0.1, -0.05) is 36.4 Å². The molecule has 5 heteroatoms. The molecular weight excluding hydrogens is 296 g/mol. The minimum atomic E-state index is -3.46. The summed E-state index contributed by atoms with van der Waals surface area (Å²) in [6, 6.07) is 15.0. The normalized spacial score (nSPS) is 11.9. The van der Waals surface area contributed by atoms with E-state index in [-0.39, 0.29) is 0 Å². The molecule has 0 aliphatic heterocycles. The number of nitrogens with one attached hydrogen (secondary N) is 2. The van der Waals surface area contributed by atoms with E-state index in [1.165, 1.54) is 0 Å². The molecule has 0 radical (unpaired) electrons. The Kier molecular flexibility index (Phi) is 4.00. The second kappa shape index (κ2) is 5.94. The molecule has 0 fully saturated rings. The van der Waals surface area contributed by atoms with E-state index in [9.17, 15) is 8.42 Å². The highest BCUT2D eigenvalue weighted by atomic mass is 32.2. The molecule has 0 saturated heterocycles. The van der Waals surface area contributed by atoms with E-state index < -0.39 is 10.0 Å². The zero-order valence-electron chi connectivity index (χ0n) is 12.3. The molecule has 2 N–H and O–H groups in total. The number of para-hydroxylation sites is 1. The van der Waals surface area contributed by atoms with Crippen molar-refractivity contribution in [3.63, 3.8) is 0 Å². The van der Waals surface area contributed by atoms with Crippen LogP contribution in [-0.2, 0) is 16.4 Å². The SMILES string of the molecule is Cc1ccccc1S(=O)(=O)NCCc1c[nH]c2ccccc12. The first-order valence-electron chi connectivity index (χ1n) is 7.18. The second-order valence-electron chi connectivity index (χ2n) is 5.27. The Balaban J connectivity index is 1.72. The van der Waals surface area contributed by atoms with Gasteiger partial charge < -0.3 is 4.98 Å². The molecule has 0 bridgehead atoms. The molecule has 0 saturated carbocycles. The Labute approximate surface area is 130 Å². The van der Waals surface area contributed by atoms with Gasteiger partial charge in [0.05, 0.1) is 4.90 Å². The summed E-state index contributed by atoms with van der Waals surface area (Å²) in [5.74, 6) is 0. The number of aromatic nitrogens is 1. The molecule has 1 aromatic heterocycles. The third-order valence-corrected chi connectivity index (χ3v) is 5.37. The number of H-pyrrole nitrogens is 1. The molecule has 2 aromatic carbocycles. The summed E-state index contributed by atoms with van der Waals surface area (Å²) < 4.78 is 27.3. The fraction of sp³-hybridized carbons (Fsp3) is 0.176. The van der Waals surface area contributed by atoms with E-state index >= 15 is 0 Å². The molecule has 22 heavy (non-hydrogen) atoms. The third kappa shape index (κ3) is 2.91. The minimum absolute atomic E-state index is 0.342. The number of hydrogen-bond acceptors (Lipinski definition) is 2. The smallest absolute Gasteiger partial charge is 0.240 e. The lowest BCUT2D eigenvalue weighted by Gasteiger charge is -2.08. The van der Waals surface area contributed by atoms with Crippen LogP contribution in [0.2, 0.25) is 0 Å². The number of hydrogen-bond donors (Lipinski definition) is 2. The molecule has 3 rings (SSSR count). The lowest BCUT2D eigenvalue weighted by atomic mass is 10.1. The van der Waals surface area contributed by atoms with Crippen molar-refractivity contribution >= 4 is 20.9 Å². The highest BCUT2D eigenvalue weighted by Crippen LogP contribution is 2.18. The van der Waals surface area contributed by atoms with Crippen LogP contribution in [0.1, 0.15) is 11.1 Å². The van der Waals surface area contributed by atoms with Gasteiger partial charge in [0, 0.05) is 23.6 Å². The predicted octanol–water partition coefficient (Wildman–Crippen LogP) is 3.00. The van der Waals surface area contributed by atoms with Crippen molar-refractivity contribution in [2.24, 2.45) is 0 Å². The summed E-state index contributed by atoms with van der Waals surface area (Å²) in [5.41, 5.74) is 2.93. The average Bonchev–Trinajstić information content (AvgIpc) is 2.91. The lowest BCUT2D eigenvalue weighted by Crippen LogP contribution is -2.26. The van der Waals surface area contributed by atoms with Gasteiger partial charge in [0.2, 0.25) is 10.0 Å². The quantitative estimate of drug-likeness (QED) is 0.760. The highest BCUT2D eigenvalue weighted by Gasteiger charge is 2.15. The third-order valence-electron chi connectivity index (χ3n) is 3.74. The van der Waals surface area contributed by atoms with Crippen molar-refractivity contribution < 1.29 is 8.42 Å². The summed E-state index contributed by atoms with van der Waals surface area (Å²) in [6.07, 6.45) is 2.59. The first-order valence-corrected chi connectivity index (χ1v) is 8.66. The summed E-state index contributed by atoms with van der Waals surface area (Å²) in [4.78, 5) is 3.54. The molecule has 114 valence electrons. The second-order valence-corrected chi connectivity index (χ2v) is 7.01. The first kappa shape index (κ1) is 14.8. The van der Waals surface area contributed by atoms with E-state index in [1.54, 1.807) is 25.1 Å². The van der Waals surface area contributed by atoms with E-state index in [4.69, 9.17) is 0 Å². The number of sulfonamides is 1. The van der Waals surface area contributed by atoms with E-state index in [0.29, 0.717) is 17.9 Å². The minimum Gasteiger partial charge on any atom is -0.361 e. The Morgan fingerprint density at radius 1 is 1.05 bits per heavy atom. The van der Waals surface area contributed by atoms with Crippen molar-refractivity contribution in [3.05, 3.63) is 65.9 Å². The summed E-state index contributed by atoms with van der Waals surface area (Å²) in [7, 11) is -3.46. The van der Waals surface area contributed by atoms with Gasteiger partial charge in [-0.2, -0.15) is 0 Å². The number of benzene rings is 2. The van der Waals surface area contributed by atoms with Gasteiger partial charge >= 0.3 is 0 Å². The van der Waals surface area contributed by atoms with Gasteiger partial charge in [-0.25, -0.2) is 13.1 Å². The summed E-state index contributed by atoms with van der Waals surface area (Å²) in [5, 5.41) is 1.14. The molecule has 3 aromatic rings. The zero-order chi connectivity index (χ0) is 15.6. The monoisotopic (exact) mass is 314 g/mol. The molecule has 0 atom stereocenters. The topological polar surface area (TPSA) is 62.0 Å². The van der Waals surface area contributed by atoms with Crippen molar-refractivity contribution in [1.82, 2.24) is 9.71 Å². The maximum atomic E-state index is 12.3. The lowest BCUT2D eigenvalue weighted by molar-refractivity contribution is 0.581. The number of fused-ring (bicyclic) bond motifs is 1. The molecule has 0 spiro atoms. The van der Waals surface area contributed by atoms with Crippen LogP contribution in [0.15, 0.2) is 59.6 Å². The number of aromatic amines is 1. The molecule has 0 unspecified atom stereocenters. The van der Waals surface area contributed by atoms with Gasteiger partial charge in [0.25, 0.3) is 0 Å². The van der Waals surface area contributed by atoms with E-state index in [2.05, 4.69) is 9.71 Å². The standard InChI is InChI=1S/C17H18N2O2S/c1-13-6-2-5-9-17(13)22(20,21)19-11-10-14-12-18-16-8-4-3-7-15(14)16/h2-9,12,18-19H,10-11H2,1H3.